The number of hydrogen-bond acceptors (Lipinski definition) is 3. The highest BCUT2D eigenvalue weighted by atomic mass is 79.9. The molecule has 0 N–H and O–H groups in total. The largest absolute Gasteiger partial charge is 0.216 e. The molecule has 0 bridgehead atoms. The van der Waals surface area contributed by atoms with Crippen molar-refractivity contribution in [3.8, 4) is 11.3 Å². The molecular weight excluding hydrogens is 381 g/mol. The van der Waals surface area contributed by atoms with Crippen molar-refractivity contribution < 1.29 is 0 Å². The van der Waals surface area contributed by atoms with E-state index < -0.39 is 0 Å². The van der Waals surface area contributed by atoms with E-state index in [1.807, 2.05) is 16.6 Å². The molecule has 0 saturated heterocycles. The fraction of sp³-hybridized carbons (Fsp3) is 0.231. The van der Waals surface area contributed by atoms with Gasteiger partial charge >= 0.3 is 0 Å². The van der Waals surface area contributed by atoms with Crippen LogP contribution in [-0.2, 0) is 0 Å². The van der Waals surface area contributed by atoms with Crippen LogP contribution in [0.2, 0.25) is 10.0 Å². The number of benzene rings is 1. The highest BCUT2D eigenvalue weighted by Crippen LogP contribution is 2.43. The third-order valence-electron chi connectivity index (χ3n) is 3.28. The summed E-state index contributed by atoms with van der Waals surface area (Å²) in [5.74, 6) is 0.635. The van der Waals surface area contributed by atoms with Crippen molar-refractivity contribution >= 4 is 55.4 Å². The van der Waals surface area contributed by atoms with Gasteiger partial charge in [0.15, 0.2) is 0 Å². The molecule has 1 aliphatic carbocycles. The topological polar surface area (TPSA) is 30.2 Å². The summed E-state index contributed by atoms with van der Waals surface area (Å²) >= 11 is 17.4. The lowest BCUT2D eigenvalue weighted by Gasteiger charge is -2.02. The average Bonchev–Trinajstić information content (AvgIpc) is 3.10. The van der Waals surface area contributed by atoms with E-state index in [2.05, 4.69) is 26.0 Å². The molecule has 0 unspecified atom stereocenters. The first-order valence-electron chi connectivity index (χ1n) is 6.14. The molecule has 102 valence electrons. The van der Waals surface area contributed by atoms with Crippen LogP contribution in [0, 0.1) is 0 Å². The van der Waals surface area contributed by atoms with E-state index in [1.54, 1.807) is 17.4 Å². The van der Waals surface area contributed by atoms with Crippen molar-refractivity contribution in [2.75, 3.05) is 0 Å². The Hall–Kier alpha value is -0.620. The van der Waals surface area contributed by atoms with E-state index in [1.165, 1.54) is 17.8 Å². The highest BCUT2D eigenvalue weighted by molar-refractivity contribution is 9.10. The van der Waals surface area contributed by atoms with Crippen LogP contribution in [0.3, 0.4) is 0 Å². The Labute approximate surface area is 137 Å². The normalized spacial score (nSPS) is 15.2. The second kappa shape index (κ2) is 4.70. The van der Waals surface area contributed by atoms with E-state index in [0.717, 1.165) is 20.8 Å². The Bertz CT molecular complexity index is 822. The summed E-state index contributed by atoms with van der Waals surface area (Å²) < 4.78 is 2.68. The highest BCUT2D eigenvalue weighted by Gasteiger charge is 2.29. The zero-order valence-electron chi connectivity index (χ0n) is 10.1. The zero-order valence-corrected chi connectivity index (χ0v) is 14.0. The number of aromatic nitrogens is 3. The second-order valence-corrected chi connectivity index (χ2v) is 7.37. The molecule has 4 rings (SSSR count). The predicted octanol–water partition coefficient (Wildman–Crippen LogP) is 5.40. The van der Waals surface area contributed by atoms with Gasteiger partial charge in [-0.3, -0.25) is 0 Å². The molecule has 0 atom stereocenters. The molecule has 0 amide bonds. The summed E-state index contributed by atoms with van der Waals surface area (Å²) in [5.41, 5.74) is 1.65. The Morgan fingerprint density at radius 3 is 2.75 bits per heavy atom. The van der Waals surface area contributed by atoms with Crippen molar-refractivity contribution in [1.29, 1.82) is 0 Å². The van der Waals surface area contributed by atoms with Gasteiger partial charge in [0, 0.05) is 16.5 Å². The van der Waals surface area contributed by atoms with Gasteiger partial charge in [-0.1, -0.05) is 34.5 Å². The number of nitrogens with zero attached hydrogens (tertiary/aromatic N) is 3. The number of fused-ring (bicyclic) bond motifs is 1. The molecule has 1 saturated carbocycles. The van der Waals surface area contributed by atoms with Gasteiger partial charge in [-0.25, -0.2) is 4.98 Å². The van der Waals surface area contributed by atoms with Gasteiger partial charge in [-0.05, 0) is 47.0 Å². The maximum absolute atomic E-state index is 6.25. The maximum atomic E-state index is 6.25. The van der Waals surface area contributed by atoms with E-state index >= 15 is 0 Å². The summed E-state index contributed by atoms with van der Waals surface area (Å²) in [4.78, 5) is 5.54. The Morgan fingerprint density at radius 2 is 2.10 bits per heavy atom. The quantitative estimate of drug-likeness (QED) is 0.587. The third kappa shape index (κ3) is 2.08. The summed E-state index contributed by atoms with van der Waals surface area (Å²) in [7, 11) is 0. The van der Waals surface area contributed by atoms with E-state index in [0.29, 0.717) is 16.0 Å². The summed E-state index contributed by atoms with van der Waals surface area (Å²) in [6, 6.07) is 5.41. The molecule has 1 aliphatic rings. The Kier molecular flexibility index (Phi) is 3.07. The smallest absolute Gasteiger partial charge is 0.213 e. The van der Waals surface area contributed by atoms with E-state index in [4.69, 9.17) is 23.2 Å². The molecule has 0 aliphatic heterocycles. The second-order valence-electron chi connectivity index (χ2n) is 4.78. The molecule has 20 heavy (non-hydrogen) atoms. The molecular formula is C13H8BrCl2N3S. The van der Waals surface area contributed by atoms with Gasteiger partial charge in [0.1, 0.15) is 15.3 Å². The van der Waals surface area contributed by atoms with Gasteiger partial charge in [0.05, 0.1) is 5.02 Å². The van der Waals surface area contributed by atoms with Gasteiger partial charge in [-0.2, -0.15) is 9.61 Å². The van der Waals surface area contributed by atoms with Crippen molar-refractivity contribution in [3.63, 3.8) is 0 Å². The minimum Gasteiger partial charge on any atom is -0.216 e. The van der Waals surface area contributed by atoms with Gasteiger partial charge in [0.25, 0.3) is 0 Å². The molecule has 2 heterocycles. The molecule has 0 spiro atoms. The molecule has 1 aromatic carbocycles. The summed E-state index contributed by atoms with van der Waals surface area (Å²) in [6.45, 7) is 0. The fourth-order valence-electron chi connectivity index (χ4n) is 2.09. The van der Waals surface area contributed by atoms with Crippen LogP contribution in [-0.4, -0.2) is 14.6 Å². The number of hydrogen-bond donors (Lipinski definition) is 0. The SMILES string of the molecule is Clc1ccc(-c2nc3sc(C4CC4)nn3c2Br)c(Cl)c1. The van der Waals surface area contributed by atoms with Crippen molar-refractivity contribution in [2.45, 2.75) is 18.8 Å². The van der Waals surface area contributed by atoms with Crippen molar-refractivity contribution in [2.24, 2.45) is 0 Å². The predicted molar refractivity (Wildman–Crippen MR) is 86.0 cm³/mol. The van der Waals surface area contributed by atoms with Crippen LogP contribution < -0.4 is 0 Å². The van der Waals surface area contributed by atoms with Crippen LogP contribution in [0.4, 0.5) is 0 Å². The molecule has 3 nitrogen and oxygen atoms in total. The summed E-state index contributed by atoms with van der Waals surface area (Å²) in [6.07, 6.45) is 2.48. The lowest BCUT2D eigenvalue weighted by Crippen LogP contribution is -1.87. The fourth-order valence-corrected chi connectivity index (χ4v) is 4.32. The lowest BCUT2D eigenvalue weighted by atomic mass is 10.2. The molecule has 7 heteroatoms. The van der Waals surface area contributed by atoms with Crippen LogP contribution in [0.15, 0.2) is 22.8 Å². The average molecular weight is 389 g/mol. The first-order valence-corrected chi connectivity index (χ1v) is 8.50. The Balaban J connectivity index is 1.87. The third-order valence-corrected chi connectivity index (χ3v) is 5.61. The first kappa shape index (κ1) is 13.1. The van der Waals surface area contributed by atoms with Gasteiger partial charge in [0.2, 0.25) is 4.96 Å². The van der Waals surface area contributed by atoms with E-state index in [9.17, 15) is 0 Å². The van der Waals surface area contributed by atoms with Crippen LogP contribution >= 0.6 is 50.5 Å². The molecule has 2 aromatic heterocycles. The maximum Gasteiger partial charge on any atom is 0.213 e. The van der Waals surface area contributed by atoms with Crippen molar-refractivity contribution in [1.82, 2.24) is 14.6 Å². The minimum atomic E-state index is 0.589. The zero-order chi connectivity index (χ0) is 13.9. The molecule has 0 radical (unpaired) electrons. The molecule has 3 aromatic rings. The monoisotopic (exact) mass is 387 g/mol. The van der Waals surface area contributed by atoms with Crippen LogP contribution in [0.25, 0.3) is 16.2 Å². The van der Waals surface area contributed by atoms with Gasteiger partial charge < -0.3 is 0 Å². The lowest BCUT2D eigenvalue weighted by molar-refractivity contribution is 0.889. The number of halogens is 3. The standard InChI is InChI=1S/C13H8BrCl2N3S/c14-11-10(8-4-3-7(15)5-9(8)16)17-13-19(11)18-12(20-13)6-1-2-6/h3-6H,1-2H2. The van der Waals surface area contributed by atoms with Gasteiger partial charge in [-0.15, -0.1) is 0 Å². The van der Waals surface area contributed by atoms with Crippen LogP contribution in [0.1, 0.15) is 23.8 Å². The minimum absolute atomic E-state index is 0.589. The number of imidazole rings is 1. The number of rotatable bonds is 2. The Morgan fingerprint density at radius 1 is 1.30 bits per heavy atom. The van der Waals surface area contributed by atoms with E-state index in [-0.39, 0.29) is 0 Å². The molecule has 1 fully saturated rings. The summed E-state index contributed by atoms with van der Waals surface area (Å²) in [5, 5.41) is 7.00. The van der Waals surface area contributed by atoms with Crippen molar-refractivity contribution in [3.05, 3.63) is 37.9 Å². The van der Waals surface area contributed by atoms with Crippen LogP contribution in [0.5, 0.6) is 0 Å². The first-order chi connectivity index (χ1) is 9.63.